The van der Waals surface area contributed by atoms with E-state index < -0.39 is 17.7 Å². The molecule has 0 radical (unpaired) electrons. The highest BCUT2D eigenvalue weighted by Crippen LogP contribution is 2.46. The number of aromatic nitrogens is 1. The van der Waals surface area contributed by atoms with Crippen molar-refractivity contribution in [3.63, 3.8) is 0 Å². The van der Waals surface area contributed by atoms with Crippen molar-refractivity contribution in [1.82, 2.24) is 4.98 Å². The minimum Gasteiger partial charge on any atom is -0.507 e. The number of hydrogen-bond donors (Lipinski definition) is 1. The summed E-state index contributed by atoms with van der Waals surface area (Å²) in [5.74, 6) is 0.379. The normalized spacial score (nSPS) is 16.4. The number of aliphatic hydroxyl groups excluding tert-OH is 1. The zero-order valence-electron chi connectivity index (χ0n) is 24.3. The van der Waals surface area contributed by atoms with Crippen molar-refractivity contribution in [1.29, 1.82) is 0 Å². The van der Waals surface area contributed by atoms with Crippen LogP contribution in [0, 0.1) is 12.8 Å². The number of thiazole rings is 1. The lowest BCUT2D eigenvalue weighted by atomic mass is 9.95. The van der Waals surface area contributed by atoms with Crippen molar-refractivity contribution in [3.8, 4) is 17.2 Å². The Morgan fingerprint density at radius 2 is 1.79 bits per heavy atom. The number of rotatable bonds is 10. The van der Waals surface area contributed by atoms with Crippen LogP contribution in [0.25, 0.3) is 16.0 Å². The number of carbonyl (C=O) groups excluding carboxylic acids is 2. The average molecular weight is 587 g/mol. The Morgan fingerprint density at radius 3 is 2.48 bits per heavy atom. The smallest absolute Gasteiger partial charge is 0.301 e. The van der Waals surface area contributed by atoms with Crippen molar-refractivity contribution in [2.75, 3.05) is 25.2 Å². The largest absolute Gasteiger partial charge is 0.507 e. The number of ketones is 1. The summed E-state index contributed by atoms with van der Waals surface area (Å²) in [7, 11) is 1.54. The predicted octanol–water partition coefficient (Wildman–Crippen LogP) is 7.06. The second kappa shape index (κ2) is 12.2. The zero-order valence-corrected chi connectivity index (χ0v) is 25.2. The molecule has 1 aromatic heterocycles. The minimum atomic E-state index is -0.947. The molecule has 1 atom stereocenters. The monoisotopic (exact) mass is 586 g/mol. The first kappa shape index (κ1) is 29.1. The average Bonchev–Trinajstić information content (AvgIpc) is 3.50. The molecule has 3 aromatic carbocycles. The van der Waals surface area contributed by atoms with Gasteiger partial charge in [-0.1, -0.05) is 61.1 Å². The molecule has 42 heavy (non-hydrogen) atoms. The molecule has 0 aliphatic carbocycles. The van der Waals surface area contributed by atoms with Gasteiger partial charge < -0.3 is 19.3 Å². The lowest BCUT2D eigenvalue weighted by Gasteiger charge is -2.24. The summed E-state index contributed by atoms with van der Waals surface area (Å²) in [6.07, 6.45) is 0.879. The molecule has 1 N–H and O–H groups in total. The van der Waals surface area contributed by atoms with Crippen LogP contribution in [-0.2, 0) is 9.59 Å². The van der Waals surface area contributed by atoms with Gasteiger partial charge in [-0.3, -0.25) is 14.5 Å². The van der Waals surface area contributed by atoms with Crippen molar-refractivity contribution in [3.05, 3.63) is 82.9 Å². The van der Waals surface area contributed by atoms with E-state index >= 15 is 0 Å². The third-order valence-corrected chi connectivity index (χ3v) is 8.11. The Bertz CT molecular complexity index is 1660. The number of nitrogens with zero attached hydrogens (tertiary/aromatic N) is 2. The topological polar surface area (TPSA) is 98.2 Å². The molecule has 0 spiro atoms. The van der Waals surface area contributed by atoms with Crippen molar-refractivity contribution >= 4 is 44.1 Å². The first-order chi connectivity index (χ1) is 20.2. The molecule has 5 rings (SSSR count). The van der Waals surface area contributed by atoms with Crippen molar-refractivity contribution in [2.45, 2.75) is 40.2 Å². The standard InChI is InChI=1S/C33H34N2O6S/c1-6-40-23-12-13-24-27(18-23)42-33(34-24)35-29(22-11-14-25(26(17-22)39-5)41-16-15-19(2)3)28(31(37)32(35)38)30(36)21-9-7-20(4)8-10-21/h7-14,17-19,29,36H,6,15-16H2,1-5H3/b30-28+. The van der Waals surface area contributed by atoms with E-state index in [9.17, 15) is 14.7 Å². The minimum absolute atomic E-state index is 0.0198. The molecule has 1 fully saturated rings. The van der Waals surface area contributed by atoms with Crippen LogP contribution < -0.4 is 19.1 Å². The Morgan fingerprint density at radius 1 is 1.02 bits per heavy atom. The Hall–Kier alpha value is -4.37. The molecule has 1 saturated heterocycles. The maximum Gasteiger partial charge on any atom is 0.301 e. The number of benzene rings is 3. The summed E-state index contributed by atoms with van der Waals surface area (Å²) in [4.78, 5) is 33.4. The molecule has 1 aliphatic heterocycles. The fraction of sp³-hybridized carbons (Fsp3) is 0.303. The molecular weight excluding hydrogens is 552 g/mol. The summed E-state index contributed by atoms with van der Waals surface area (Å²) >= 11 is 1.28. The van der Waals surface area contributed by atoms with E-state index in [0.29, 0.717) is 58.2 Å². The SMILES string of the molecule is CCOc1ccc2nc(N3C(=O)C(=O)/C(=C(/O)c4ccc(C)cc4)C3c3ccc(OCCC(C)C)c(OC)c3)sc2c1. The molecule has 0 bridgehead atoms. The van der Waals surface area contributed by atoms with Gasteiger partial charge in [-0.2, -0.15) is 0 Å². The lowest BCUT2D eigenvalue weighted by Crippen LogP contribution is -2.29. The van der Waals surface area contributed by atoms with Crippen molar-refractivity contribution in [2.24, 2.45) is 5.92 Å². The zero-order chi connectivity index (χ0) is 30.0. The highest BCUT2D eigenvalue weighted by molar-refractivity contribution is 7.22. The Balaban J connectivity index is 1.65. The fourth-order valence-corrected chi connectivity index (χ4v) is 5.86. The molecule has 8 nitrogen and oxygen atoms in total. The van der Waals surface area contributed by atoms with E-state index in [4.69, 9.17) is 19.2 Å². The molecule has 1 unspecified atom stereocenters. The van der Waals surface area contributed by atoms with Gasteiger partial charge in [-0.05, 0) is 62.1 Å². The molecule has 0 saturated carbocycles. The highest BCUT2D eigenvalue weighted by atomic mass is 32.1. The van der Waals surface area contributed by atoms with Gasteiger partial charge in [-0.15, -0.1) is 0 Å². The molecule has 1 amide bonds. The van der Waals surface area contributed by atoms with Gasteiger partial charge in [-0.25, -0.2) is 4.98 Å². The number of amides is 1. The summed E-state index contributed by atoms with van der Waals surface area (Å²) in [5, 5.41) is 11.8. The second-order valence-electron chi connectivity index (χ2n) is 10.5. The van der Waals surface area contributed by atoms with Crippen LogP contribution in [-0.4, -0.2) is 42.1 Å². The van der Waals surface area contributed by atoms with Gasteiger partial charge in [0.25, 0.3) is 5.78 Å². The number of fused-ring (bicyclic) bond motifs is 1. The third kappa shape index (κ3) is 5.69. The fourth-order valence-electron chi connectivity index (χ4n) is 4.84. The second-order valence-corrected chi connectivity index (χ2v) is 11.5. The van der Waals surface area contributed by atoms with Crippen LogP contribution in [0.3, 0.4) is 0 Å². The molecule has 218 valence electrons. The number of hydrogen-bond acceptors (Lipinski definition) is 8. The van der Waals surface area contributed by atoms with E-state index in [2.05, 4.69) is 13.8 Å². The first-order valence-electron chi connectivity index (χ1n) is 13.9. The Labute approximate surface area is 249 Å². The van der Waals surface area contributed by atoms with Gasteiger partial charge in [0.05, 0.1) is 42.2 Å². The maximum atomic E-state index is 13.7. The van der Waals surface area contributed by atoms with E-state index in [-0.39, 0.29) is 11.3 Å². The summed E-state index contributed by atoms with van der Waals surface area (Å²) in [6, 6.07) is 17.0. The van der Waals surface area contributed by atoms with Crippen LogP contribution in [0.15, 0.2) is 66.2 Å². The van der Waals surface area contributed by atoms with Crippen LogP contribution >= 0.6 is 11.3 Å². The van der Waals surface area contributed by atoms with Crippen LogP contribution in [0.1, 0.15) is 49.9 Å². The van der Waals surface area contributed by atoms with Gasteiger partial charge in [0.2, 0.25) is 0 Å². The number of Topliss-reactive ketones (excluding diaryl/α,β-unsaturated/α-hetero) is 1. The molecule has 9 heteroatoms. The molecular formula is C33H34N2O6S. The van der Waals surface area contributed by atoms with Gasteiger partial charge in [0.15, 0.2) is 16.6 Å². The predicted molar refractivity (Wildman–Crippen MR) is 165 cm³/mol. The summed E-state index contributed by atoms with van der Waals surface area (Å²) in [5.41, 5.74) is 2.67. The molecule has 2 heterocycles. The summed E-state index contributed by atoms with van der Waals surface area (Å²) < 4.78 is 18.1. The van der Waals surface area contributed by atoms with Gasteiger partial charge in [0.1, 0.15) is 11.5 Å². The van der Waals surface area contributed by atoms with Gasteiger partial charge in [0, 0.05) is 5.56 Å². The van der Waals surface area contributed by atoms with Crippen LogP contribution in [0.4, 0.5) is 5.13 Å². The number of methoxy groups -OCH3 is 1. The van der Waals surface area contributed by atoms with Crippen LogP contribution in [0.2, 0.25) is 0 Å². The van der Waals surface area contributed by atoms with Crippen LogP contribution in [0.5, 0.6) is 17.2 Å². The van der Waals surface area contributed by atoms with E-state index in [1.54, 1.807) is 37.4 Å². The lowest BCUT2D eigenvalue weighted by molar-refractivity contribution is -0.132. The number of aliphatic hydroxyl groups is 1. The number of aryl methyl sites for hydroxylation is 1. The number of anilines is 1. The van der Waals surface area contributed by atoms with E-state index in [0.717, 1.165) is 16.7 Å². The first-order valence-corrected chi connectivity index (χ1v) is 14.8. The Kier molecular flexibility index (Phi) is 8.49. The van der Waals surface area contributed by atoms with Gasteiger partial charge >= 0.3 is 5.91 Å². The number of carbonyl (C=O) groups is 2. The maximum absolute atomic E-state index is 13.7. The third-order valence-electron chi connectivity index (χ3n) is 7.09. The quantitative estimate of drug-likeness (QED) is 0.121. The van der Waals surface area contributed by atoms with E-state index in [1.165, 1.54) is 16.2 Å². The number of ether oxygens (including phenoxy) is 3. The summed E-state index contributed by atoms with van der Waals surface area (Å²) in [6.45, 7) is 9.13. The molecule has 4 aromatic rings. The molecule has 1 aliphatic rings. The van der Waals surface area contributed by atoms with Crippen molar-refractivity contribution < 1.29 is 28.9 Å². The highest BCUT2D eigenvalue weighted by Gasteiger charge is 2.48. The van der Waals surface area contributed by atoms with E-state index in [1.807, 2.05) is 44.2 Å².